The molecule has 0 atom stereocenters. The van der Waals surface area contributed by atoms with Crippen molar-refractivity contribution in [1.29, 1.82) is 0 Å². The van der Waals surface area contributed by atoms with Crippen LogP contribution in [-0.2, 0) is 11.2 Å². The second-order valence-corrected chi connectivity index (χ2v) is 8.89. The lowest BCUT2D eigenvalue weighted by Crippen LogP contribution is -2.32. The van der Waals surface area contributed by atoms with Gasteiger partial charge in [-0.25, -0.2) is 4.79 Å². The number of amides is 3. The molecule has 0 aliphatic carbocycles. The molecule has 32 heavy (non-hydrogen) atoms. The molecule has 4 rings (SSSR count). The van der Waals surface area contributed by atoms with Gasteiger partial charge < -0.3 is 5.32 Å². The zero-order valence-corrected chi connectivity index (χ0v) is 19.2. The number of carbonyl (C=O) groups excluding carboxylic acids is 2. The van der Waals surface area contributed by atoms with E-state index in [4.69, 9.17) is 0 Å². The summed E-state index contributed by atoms with van der Waals surface area (Å²) in [5, 5.41) is 12.2. The molecule has 3 aromatic rings. The van der Waals surface area contributed by atoms with E-state index >= 15 is 0 Å². The molecule has 0 unspecified atom stereocenters. The summed E-state index contributed by atoms with van der Waals surface area (Å²) in [6.07, 6.45) is 3.41. The van der Waals surface area contributed by atoms with Gasteiger partial charge in [-0.1, -0.05) is 67.1 Å². The van der Waals surface area contributed by atoms with Gasteiger partial charge in [0, 0.05) is 23.5 Å². The van der Waals surface area contributed by atoms with Gasteiger partial charge in [0.25, 0.3) is 0 Å². The molecule has 7 nitrogen and oxygen atoms in total. The van der Waals surface area contributed by atoms with Crippen LogP contribution in [0.4, 0.5) is 4.79 Å². The lowest BCUT2D eigenvalue weighted by atomic mass is 10.1. The van der Waals surface area contributed by atoms with E-state index in [1.807, 2.05) is 16.7 Å². The number of hydrogen-bond acceptors (Lipinski definition) is 5. The molecule has 1 aliphatic heterocycles. The highest BCUT2D eigenvalue weighted by atomic mass is 32.2. The second-order valence-electron chi connectivity index (χ2n) is 7.83. The van der Waals surface area contributed by atoms with E-state index in [1.54, 1.807) is 0 Å². The van der Waals surface area contributed by atoms with Crippen molar-refractivity contribution in [2.75, 3.05) is 18.8 Å². The van der Waals surface area contributed by atoms with Crippen LogP contribution in [0.15, 0.2) is 53.7 Å². The van der Waals surface area contributed by atoms with Gasteiger partial charge >= 0.3 is 6.03 Å². The number of hydrogen-bond donors (Lipinski definition) is 1. The molecule has 166 valence electrons. The highest BCUT2D eigenvalue weighted by Gasteiger charge is 2.28. The molecule has 0 spiro atoms. The predicted molar refractivity (Wildman–Crippen MR) is 126 cm³/mol. The Bertz CT molecular complexity index is 1080. The molecule has 0 radical (unpaired) electrons. The first-order valence-electron chi connectivity index (χ1n) is 10.9. The molecular weight excluding hydrogens is 422 g/mol. The van der Waals surface area contributed by atoms with Crippen LogP contribution in [0.5, 0.6) is 0 Å². The zero-order valence-electron chi connectivity index (χ0n) is 18.4. The van der Waals surface area contributed by atoms with Crippen molar-refractivity contribution in [2.45, 2.75) is 38.3 Å². The minimum Gasteiger partial charge on any atom is -0.329 e. The average Bonchev–Trinajstić information content (AvgIpc) is 3.37. The van der Waals surface area contributed by atoms with Crippen LogP contribution in [-0.4, -0.2) is 50.4 Å². The lowest BCUT2D eigenvalue weighted by Gasteiger charge is -2.13. The molecular formula is C24H27N5O2S. The first-order chi connectivity index (χ1) is 15.6. The number of nitrogens with one attached hydrogen (secondary N) is 1. The van der Waals surface area contributed by atoms with Gasteiger partial charge in [0.2, 0.25) is 5.91 Å². The van der Waals surface area contributed by atoms with Crippen LogP contribution >= 0.6 is 11.8 Å². The SMILES string of the molecule is CCCCc1ccc(-n2c(SCCN3C(=O)CNC3=O)nnc2-c2ccc(C)cc2)cc1. The van der Waals surface area contributed by atoms with Crippen LogP contribution < -0.4 is 5.32 Å². The summed E-state index contributed by atoms with van der Waals surface area (Å²) in [6, 6.07) is 16.4. The Kier molecular flexibility index (Phi) is 6.90. The topological polar surface area (TPSA) is 80.1 Å². The van der Waals surface area contributed by atoms with Crippen molar-refractivity contribution in [3.8, 4) is 17.1 Å². The third-order valence-electron chi connectivity index (χ3n) is 5.44. The molecule has 3 amide bonds. The van der Waals surface area contributed by atoms with Gasteiger partial charge in [-0.05, 0) is 37.5 Å². The Hall–Kier alpha value is -3.13. The van der Waals surface area contributed by atoms with E-state index < -0.39 is 0 Å². The smallest absolute Gasteiger partial charge is 0.324 e. The molecule has 2 aromatic carbocycles. The Morgan fingerprint density at radius 1 is 1.03 bits per heavy atom. The van der Waals surface area contributed by atoms with E-state index in [0.29, 0.717) is 12.3 Å². The Morgan fingerprint density at radius 2 is 1.78 bits per heavy atom. The number of aromatic nitrogens is 3. The number of thioether (sulfide) groups is 1. The molecule has 0 saturated carbocycles. The maximum absolute atomic E-state index is 11.8. The molecule has 1 fully saturated rings. The summed E-state index contributed by atoms with van der Waals surface area (Å²) in [5.74, 6) is 1.11. The molecule has 1 saturated heterocycles. The summed E-state index contributed by atoms with van der Waals surface area (Å²) in [6.45, 7) is 4.66. The van der Waals surface area contributed by atoms with E-state index in [1.165, 1.54) is 40.6 Å². The van der Waals surface area contributed by atoms with Crippen LogP contribution in [0, 0.1) is 6.92 Å². The van der Waals surface area contributed by atoms with Crippen LogP contribution in [0.1, 0.15) is 30.9 Å². The number of rotatable bonds is 9. The zero-order chi connectivity index (χ0) is 22.5. The number of nitrogens with zero attached hydrogens (tertiary/aromatic N) is 4. The largest absolute Gasteiger partial charge is 0.329 e. The third kappa shape index (κ3) is 4.85. The average molecular weight is 450 g/mol. The maximum atomic E-state index is 11.8. The molecule has 8 heteroatoms. The van der Waals surface area contributed by atoms with Gasteiger partial charge in [-0.15, -0.1) is 10.2 Å². The standard InChI is InChI=1S/C24H27N5O2S/c1-3-4-5-18-8-12-20(13-9-18)29-22(19-10-6-17(2)7-11-19)26-27-24(29)32-15-14-28-21(30)16-25-23(28)31/h6-13H,3-5,14-16H2,1-2H3,(H,25,31). The Labute approximate surface area is 192 Å². The van der Waals surface area contributed by atoms with Gasteiger partial charge in [-0.2, -0.15) is 0 Å². The van der Waals surface area contributed by atoms with Gasteiger partial charge in [0.15, 0.2) is 11.0 Å². The van der Waals surface area contributed by atoms with Crippen molar-refractivity contribution in [3.05, 3.63) is 59.7 Å². The molecule has 2 heterocycles. The second kappa shape index (κ2) is 9.99. The van der Waals surface area contributed by atoms with E-state index in [9.17, 15) is 9.59 Å². The van der Waals surface area contributed by atoms with E-state index in [2.05, 4.69) is 65.8 Å². The fourth-order valence-electron chi connectivity index (χ4n) is 3.59. The van der Waals surface area contributed by atoms with Crippen molar-refractivity contribution >= 4 is 23.7 Å². The summed E-state index contributed by atoms with van der Waals surface area (Å²) < 4.78 is 2.05. The van der Waals surface area contributed by atoms with Crippen molar-refractivity contribution < 1.29 is 9.59 Å². The summed E-state index contributed by atoms with van der Waals surface area (Å²) in [4.78, 5) is 24.9. The van der Waals surface area contributed by atoms with Gasteiger partial charge in [-0.3, -0.25) is 14.3 Å². The Morgan fingerprint density at radius 3 is 2.44 bits per heavy atom. The van der Waals surface area contributed by atoms with Crippen molar-refractivity contribution in [1.82, 2.24) is 25.0 Å². The van der Waals surface area contributed by atoms with Gasteiger partial charge in [0.1, 0.15) is 0 Å². The summed E-state index contributed by atoms with van der Waals surface area (Å²) >= 11 is 1.48. The maximum Gasteiger partial charge on any atom is 0.324 e. The number of benzene rings is 2. The molecule has 0 bridgehead atoms. The number of unbranched alkanes of at least 4 members (excludes halogenated alkanes) is 1. The highest BCUT2D eigenvalue weighted by Crippen LogP contribution is 2.28. The van der Waals surface area contributed by atoms with Crippen molar-refractivity contribution in [3.63, 3.8) is 0 Å². The summed E-state index contributed by atoms with van der Waals surface area (Å²) in [7, 11) is 0. The minimum absolute atomic E-state index is 0.0711. The molecule has 1 aliphatic rings. The Balaban J connectivity index is 1.60. The van der Waals surface area contributed by atoms with E-state index in [-0.39, 0.29) is 18.5 Å². The summed E-state index contributed by atoms with van der Waals surface area (Å²) in [5.41, 5.74) is 4.47. The van der Waals surface area contributed by atoms with Gasteiger partial charge in [0.05, 0.1) is 6.54 Å². The fraction of sp³-hybridized carbons (Fsp3) is 0.333. The van der Waals surface area contributed by atoms with Crippen LogP contribution in [0.25, 0.3) is 17.1 Å². The molecule has 1 aromatic heterocycles. The fourth-order valence-corrected chi connectivity index (χ4v) is 4.46. The first-order valence-corrected chi connectivity index (χ1v) is 11.9. The minimum atomic E-state index is -0.333. The lowest BCUT2D eigenvalue weighted by molar-refractivity contribution is -0.124. The van der Waals surface area contributed by atoms with Crippen molar-refractivity contribution in [2.24, 2.45) is 0 Å². The number of urea groups is 1. The monoisotopic (exact) mass is 449 g/mol. The van der Waals surface area contributed by atoms with Crippen LogP contribution in [0.2, 0.25) is 0 Å². The predicted octanol–water partition coefficient (Wildman–Crippen LogP) is 4.23. The quantitative estimate of drug-likeness (QED) is 0.391. The van der Waals surface area contributed by atoms with E-state index in [0.717, 1.165) is 28.7 Å². The first kappa shape index (κ1) is 22.1. The number of carbonyl (C=O) groups is 2. The number of aryl methyl sites for hydroxylation is 2. The van der Waals surface area contributed by atoms with Crippen LogP contribution in [0.3, 0.4) is 0 Å². The molecule has 1 N–H and O–H groups in total. The third-order valence-corrected chi connectivity index (χ3v) is 6.35. The normalized spacial score (nSPS) is 13.6. The highest BCUT2D eigenvalue weighted by molar-refractivity contribution is 7.99. The number of imide groups is 1.